The lowest BCUT2D eigenvalue weighted by Crippen LogP contribution is -2.33. The first kappa shape index (κ1) is 22.2. The van der Waals surface area contributed by atoms with Crippen molar-refractivity contribution in [2.24, 2.45) is 0 Å². The van der Waals surface area contributed by atoms with Crippen LogP contribution >= 0.6 is 0 Å². The molecule has 2 N–H and O–H groups in total. The van der Waals surface area contributed by atoms with Gasteiger partial charge in [-0.05, 0) is 55.7 Å². The number of likely N-dealkylation sites (tertiary alicyclic amines) is 1. The average molecular weight is 452 g/mol. The van der Waals surface area contributed by atoms with Gasteiger partial charge in [0.15, 0.2) is 0 Å². The van der Waals surface area contributed by atoms with Gasteiger partial charge in [-0.25, -0.2) is 4.98 Å². The fourth-order valence-electron chi connectivity index (χ4n) is 5.23. The van der Waals surface area contributed by atoms with E-state index in [1.807, 2.05) is 23.1 Å². The quantitative estimate of drug-likeness (QED) is 0.564. The number of fused-ring (bicyclic) bond motifs is 2. The summed E-state index contributed by atoms with van der Waals surface area (Å²) in [6.45, 7) is 3.69. The lowest BCUT2D eigenvalue weighted by atomic mass is 10.0. The Morgan fingerprint density at radius 3 is 3.09 bits per heavy atom. The minimum Gasteiger partial charge on any atom is -0.493 e. The number of pyridine rings is 1. The molecule has 0 radical (unpaired) electrons. The van der Waals surface area contributed by atoms with Crippen LogP contribution in [0.3, 0.4) is 0 Å². The Bertz CT molecular complexity index is 995. The minimum atomic E-state index is -0.827. The number of ether oxygens (including phenoxy) is 2. The zero-order valence-electron chi connectivity index (χ0n) is 19.1. The van der Waals surface area contributed by atoms with E-state index >= 15 is 0 Å². The minimum absolute atomic E-state index is 0.0793. The molecule has 7 nitrogen and oxygen atoms in total. The second-order valence-corrected chi connectivity index (χ2v) is 9.25. The highest BCUT2D eigenvalue weighted by Crippen LogP contribution is 2.37. The van der Waals surface area contributed by atoms with Gasteiger partial charge in [0.25, 0.3) is 0 Å². The van der Waals surface area contributed by atoms with Crippen molar-refractivity contribution in [3.63, 3.8) is 0 Å². The third kappa shape index (κ3) is 4.99. The van der Waals surface area contributed by atoms with Gasteiger partial charge in [-0.2, -0.15) is 0 Å². The van der Waals surface area contributed by atoms with E-state index in [9.17, 15) is 9.90 Å². The maximum Gasteiger partial charge on any atom is 0.325 e. The average Bonchev–Trinajstić information content (AvgIpc) is 3.49. The van der Waals surface area contributed by atoms with E-state index in [0.29, 0.717) is 19.8 Å². The monoisotopic (exact) mass is 451 g/mol. The summed E-state index contributed by atoms with van der Waals surface area (Å²) in [5.41, 5.74) is 4.34. The molecule has 7 heteroatoms. The predicted molar refractivity (Wildman–Crippen MR) is 126 cm³/mol. The van der Waals surface area contributed by atoms with Crippen molar-refractivity contribution in [3.05, 3.63) is 52.7 Å². The van der Waals surface area contributed by atoms with Crippen molar-refractivity contribution < 1.29 is 19.4 Å². The highest BCUT2D eigenvalue weighted by Gasteiger charge is 2.36. The molecule has 0 aliphatic carbocycles. The molecule has 1 fully saturated rings. The number of hydrogen-bond donors (Lipinski definition) is 2. The largest absolute Gasteiger partial charge is 0.493 e. The molecule has 3 aliphatic heterocycles. The fraction of sp³-hybridized carbons (Fsp3) is 0.538. The Balaban J connectivity index is 1.09. The normalized spacial score (nSPS) is 20.5. The summed E-state index contributed by atoms with van der Waals surface area (Å²) < 4.78 is 11.9. The highest BCUT2D eigenvalue weighted by molar-refractivity contribution is 5.77. The highest BCUT2D eigenvalue weighted by atomic mass is 16.5. The molecule has 2 atom stereocenters. The van der Waals surface area contributed by atoms with E-state index < -0.39 is 12.0 Å². The number of carboxylic acid groups (broad SMARTS) is 1. The van der Waals surface area contributed by atoms with Gasteiger partial charge >= 0.3 is 5.97 Å². The van der Waals surface area contributed by atoms with E-state index in [4.69, 9.17) is 14.5 Å². The van der Waals surface area contributed by atoms with Crippen LogP contribution in [0.4, 0.5) is 5.82 Å². The number of anilines is 1. The molecule has 0 bridgehead atoms. The van der Waals surface area contributed by atoms with Crippen LogP contribution < -0.4 is 10.1 Å². The van der Waals surface area contributed by atoms with Crippen LogP contribution in [0.2, 0.25) is 0 Å². The summed E-state index contributed by atoms with van der Waals surface area (Å²) in [5, 5.41) is 13.4. The van der Waals surface area contributed by atoms with Crippen LogP contribution in [0.5, 0.6) is 5.75 Å². The number of aliphatic carboxylic acids is 1. The van der Waals surface area contributed by atoms with Crippen molar-refractivity contribution in [1.82, 2.24) is 9.88 Å². The van der Waals surface area contributed by atoms with E-state index in [0.717, 1.165) is 80.0 Å². The van der Waals surface area contributed by atoms with Crippen LogP contribution in [0.15, 0.2) is 30.3 Å². The molecule has 1 aromatic carbocycles. The van der Waals surface area contributed by atoms with E-state index in [-0.39, 0.29) is 6.10 Å². The summed E-state index contributed by atoms with van der Waals surface area (Å²) in [7, 11) is 0. The predicted octanol–water partition coefficient (Wildman–Crippen LogP) is 3.61. The van der Waals surface area contributed by atoms with Crippen molar-refractivity contribution in [2.45, 2.75) is 57.1 Å². The fourth-order valence-corrected chi connectivity index (χ4v) is 5.23. The Morgan fingerprint density at radius 2 is 2.18 bits per heavy atom. The molecule has 33 heavy (non-hydrogen) atoms. The Labute approximate surface area is 195 Å². The van der Waals surface area contributed by atoms with Crippen LogP contribution in [-0.4, -0.2) is 59.9 Å². The molecule has 4 heterocycles. The second-order valence-electron chi connectivity index (χ2n) is 9.25. The number of aromatic nitrogens is 1. The second kappa shape index (κ2) is 10.1. The Morgan fingerprint density at radius 1 is 1.24 bits per heavy atom. The lowest BCUT2D eigenvalue weighted by molar-refractivity contribution is -0.143. The first-order valence-electron chi connectivity index (χ1n) is 12.2. The molecular weight excluding hydrogens is 418 g/mol. The van der Waals surface area contributed by atoms with Crippen molar-refractivity contribution in [2.75, 3.05) is 38.2 Å². The third-order valence-electron chi connectivity index (χ3n) is 6.95. The number of benzene rings is 1. The first-order valence-corrected chi connectivity index (χ1v) is 12.2. The molecule has 1 aromatic heterocycles. The zero-order valence-corrected chi connectivity index (χ0v) is 19.1. The van der Waals surface area contributed by atoms with E-state index in [1.54, 1.807) is 0 Å². The van der Waals surface area contributed by atoms with Gasteiger partial charge in [-0.3, -0.25) is 9.69 Å². The van der Waals surface area contributed by atoms with Gasteiger partial charge in [0, 0.05) is 43.9 Å². The number of unbranched alkanes of at least 4 members (excludes halogenated alkanes) is 1. The number of rotatable bonds is 9. The Kier molecular flexibility index (Phi) is 6.78. The van der Waals surface area contributed by atoms with Gasteiger partial charge in [0.05, 0.1) is 12.7 Å². The number of nitrogens with zero attached hydrogens (tertiary/aromatic N) is 2. The van der Waals surface area contributed by atoms with E-state index in [1.165, 1.54) is 12.0 Å². The third-order valence-corrected chi connectivity index (χ3v) is 6.95. The van der Waals surface area contributed by atoms with Crippen LogP contribution in [0.1, 0.15) is 54.1 Å². The van der Waals surface area contributed by atoms with Crippen LogP contribution in [-0.2, 0) is 28.8 Å². The van der Waals surface area contributed by atoms with E-state index in [2.05, 4.69) is 17.4 Å². The first-order chi connectivity index (χ1) is 16.2. The summed E-state index contributed by atoms with van der Waals surface area (Å²) in [5.74, 6) is 0.996. The molecule has 1 saturated heterocycles. The van der Waals surface area contributed by atoms with Gasteiger partial charge < -0.3 is 19.9 Å². The van der Waals surface area contributed by atoms with Gasteiger partial charge in [0.2, 0.25) is 0 Å². The topological polar surface area (TPSA) is 83.9 Å². The smallest absolute Gasteiger partial charge is 0.325 e. The maximum absolute atomic E-state index is 12.2. The number of aryl methyl sites for hydroxylation is 2. The molecule has 0 spiro atoms. The number of hydrogen-bond acceptors (Lipinski definition) is 6. The van der Waals surface area contributed by atoms with Gasteiger partial charge in [0.1, 0.15) is 17.6 Å². The maximum atomic E-state index is 12.2. The number of carbonyl (C=O) groups is 1. The molecule has 5 rings (SSSR count). The Hall–Kier alpha value is -2.64. The molecule has 0 amide bonds. The van der Waals surface area contributed by atoms with Gasteiger partial charge in [-0.1, -0.05) is 24.3 Å². The summed E-state index contributed by atoms with van der Waals surface area (Å²) in [6, 6.07) is 9.53. The lowest BCUT2D eigenvalue weighted by Gasteiger charge is -2.26. The molecular formula is C26H33N3O4. The summed E-state index contributed by atoms with van der Waals surface area (Å²) in [4.78, 5) is 19.0. The zero-order chi connectivity index (χ0) is 22.6. The van der Waals surface area contributed by atoms with Crippen LogP contribution in [0.25, 0.3) is 0 Å². The molecule has 0 saturated carbocycles. The molecule has 3 aliphatic rings. The van der Waals surface area contributed by atoms with Gasteiger partial charge in [-0.15, -0.1) is 0 Å². The standard InChI is InChI=1S/C26H33N3O4/c30-26(31)23(22-8-3-5-18-12-16-33-24(18)22)29-14-11-21(17-29)32-15-2-1-7-20-10-9-19-6-4-13-27-25(19)28-20/h3,5,8-10,21,23H,1-2,4,6-7,11-17H2,(H,27,28)(H,30,31). The molecule has 176 valence electrons. The van der Waals surface area contributed by atoms with Crippen molar-refractivity contribution >= 4 is 11.8 Å². The summed E-state index contributed by atoms with van der Waals surface area (Å²) in [6.07, 6.45) is 7.04. The SMILES string of the molecule is O=C(O)C(c1cccc2c1OCC2)N1CCC(OCCCCc2ccc3c(n2)NCCC3)C1. The number of carboxylic acids is 1. The number of para-hydroxylation sites is 1. The number of nitrogens with one attached hydrogen (secondary N) is 1. The summed E-state index contributed by atoms with van der Waals surface area (Å²) >= 11 is 0. The molecule has 2 aromatic rings. The molecule has 2 unspecified atom stereocenters. The van der Waals surface area contributed by atoms with Crippen molar-refractivity contribution in [3.8, 4) is 5.75 Å². The van der Waals surface area contributed by atoms with Crippen LogP contribution in [0, 0.1) is 0 Å². The van der Waals surface area contributed by atoms with Crippen molar-refractivity contribution in [1.29, 1.82) is 0 Å².